The topological polar surface area (TPSA) is 105 Å². The second-order valence-electron chi connectivity index (χ2n) is 4.45. The van der Waals surface area contributed by atoms with Crippen LogP contribution in [-0.2, 0) is 13.0 Å². The van der Waals surface area contributed by atoms with Gasteiger partial charge in [-0.15, -0.1) is 15.0 Å². The number of tetrazole rings is 1. The van der Waals surface area contributed by atoms with Gasteiger partial charge in [0.05, 0.1) is 17.2 Å². The third-order valence-corrected chi connectivity index (χ3v) is 3.14. The van der Waals surface area contributed by atoms with E-state index in [-0.39, 0.29) is 24.9 Å². The second kappa shape index (κ2) is 5.13. The summed E-state index contributed by atoms with van der Waals surface area (Å²) < 4.78 is 0. The van der Waals surface area contributed by atoms with Crippen LogP contribution in [0.15, 0.2) is 24.3 Å². The summed E-state index contributed by atoms with van der Waals surface area (Å²) in [5.41, 5.74) is 0.840. The highest BCUT2D eigenvalue weighted by Crippen LogP contribution is 2.22. The Morgan fingerprint density at radius 1 is 1.14 bits per heavy atom. The minimum atomic E-state index is -0.306. The molecule has 8 heteroatoms. The van der Waals surface area contributed by atoms with Crippen LogP contribution in [0.2, 0.25) is 0 Å². The van der Waals surface area contributed by atoms with Crippen LogP contribution in [0.5, 0.6) is 0 Å². The molecule has 2 aromatic rings. The van der Waals surface area contributed by atoms with Crippen LogP contribution in [0.4, 0.5) is 0 Å². The van der Waals surface area contributed by atoms with E-state index in [1.165, 1.54) is 4.90 Å². The quantitative estimate of drug-likeness (QED) is 0.733. The normalized spacial score (nSPS) is 13.4. The molecule has 1 aromatic carbocycles. The van der Waals surface area contributed by atoms with Crippen molar-refractivity contribution in [1.29, 1.82) is 5.26 Å². The van der Waals surface area contributed by atoms with Crippen LogP contribution in [-0.4, -0.2) is 43.5 Å². The van der Waals surface area contributed by atoms with Crippen LogP contribution in [0.25, 0.3) is 0 Å². The number of carbonyl (C=O) groups is 2. The number of carbonyl (C=O) groups excluding carboxylic acids is 2. The van der Waals surface area contributed by atoms with Gasteiger partial charge in [0.25, 0.3) is 11.8 Å². The Morgan fingerprint density at radius 2 is 1.81 bits per heavy atom. The maximum atomic E-state index is 12.1. The van der Waals surface area contributed by atoms with E-state index >= 15 is 0 Å². The standard InChI is InChI=1S/C13H10N6O2/c14-6-8-19-16-11(15-17-19)5-7-18-12(20)9-3-1-2-4-10(9)13(18)21/h1-4H,5,7-8H2. The number of nitriles is 1. The van der Waals surface area contributed by atoms with Crippen molar-refractivity contribution in [3.63, 3.8) is 0 Å². The largest absolute Gasteiger partial charge is 0.274 e. The molecule has 0 saturated heterocycles. The Bertz CT molecular complexity index is 725. The average molecular weight is 282 g/mol. The fourth-order valence-electron chi connectivity index (χ4n) is 2.16. The molecule has 0 bridgehead atoms. The first-order valence-corrected chi connectivity index (χ1v) is 6.29. The summed E-state index contributed by atoms with van der Waals surface area (Å²) in [5, 5.41) is 20.0. The van der Waals surface area contributed by atoms with Crippen LogP contribution < -0.4 is 0 Å². The molecule has 0 N–H and O–H groups in total. The van der Waals surface area contributed by atoms with Crippen molar-refractivity contribution >= 4 is 11.8 Å². The lowest BCUT2D eigenvalue weighted by Gasteiger charge is -2.11. The van der Waals surface area contributed by atoms with E-state index in [1.54, 1.807) is 24.3 Å². The number of aromatic nitrogens is 4. The summed E-state index contributed by atoms with van der Waals surface area (Å²) in [7, 11) is 0. The smallest absolute Gasteiger partial charge is 0.261 e. The van der Waals surface area contributed by atoms with Gasteiger partial charge in [0.15, 0.2) is 5.82 Å². The van der Waals surface area contributed by atoms with Gasteiger partial charge in [-0.25, -0.2) is 0 Å². The van der Waals surface area contributed by atoms with Crippen LogP contribution in [0.1, 0.15) is 26.5 Å². The van der Waals surface area contributed by atoms with Crippen molar-refractivity contribution in [3.05, 3.63) is 41.2 Å². The highest BCUT2D eigenvalue weighted by atomic mass is 16.2. The van der Waals surface area contributed by atoms with Crippen LogP contribution >= 0.6 is 0 Å². The molecular formula is C13H10N6O2. The van der Waals surface area contributed by atoms with Gasteiger partial charge in [-0.1, -0.05) is 12.1 Å². The van der Waals surface area contributed by atoms with Gasteiger partial charge in [0, 0.05) is 13.0 Å². The lowest BCUT2D eigenvalue weighted by atomic mass is 10.1. The highest BCUT2D eigenvalue weighted by molar-refractivity contribution is 6.21. The minimum absolute atomic E-state index is 0.0139. The van der Waals surface area contributed by atoms with Crippen molar-refractivity contribution in [3.8, 4) is 6.07 Å². The molecule has 8 nitrogen and oxygen atoms in total. The molecule has 3 rings (SSSR count). The number of hydrogen-bond acceptors (Lipinski definition) is 6. The second-order valence-corrected chi connectivity index (χ2v) is 4.45. The fourth-order valence-corrected chi connectivity index (χ4v) is 2.16. The van der Waals surface area contributed by atoms with Gasteiger partial charge in [0.1, 0.15) is 6.54 Å². The predicted octanol–water partition coefficient (Wildman–Crippen LogP) is 0.0354. The van der Waals surface area contributed by atoms with Gasteiger partial charge in [0.2, 0.25) is 0 Å². The molecule has 21 heavy (non-hydrogen) atoms. The number of fused-ring (bicyclic) bond motifs is 1. The van der Waals surface area contributed by atoms with Gasteiger partial charge < -0.3 is 0 Å². The van der Waals surface area contributed by atoms with E-state index in [2.05, 4.69) is 15.4 Å². The summed E-state index contributed by atoms with van der Waals surface area (Å²) in [5.74, 6) is -0.221. The molecule has 1 aliphatic rings. The van der Waals surface area contributed by atoms with Crippen molar-refractivity contribution in [2.24, 2.45) is 0 Å². The molecule has 2 heterocycles. The van der Waals surface area contributed by atoms with Crippen LogP contribution in [0, 0.1) is 11.3 Å². The minimum Gasteiger partial charge on any atom is -0.274 e. The van der Waals surface area contributed by atoms with Crippen molar-refractivity contribution in [1.82, 2.24) is 25.1 Å². The first-order chi connectivity index (χ1) is 10.2. The van der Waals surface area contributed by atoms with E-state index < -0.39 is 0 Å². The molecular weight excluding hydrogens is 272 g/mol. The lowest BCUT2D eigenvalue weighted by molar-refractivity contribution is 0.0655. The molecule has 1 aliphatic heterocycles. The zero-order valence-corrected chi connectivity index (χ0v) is 10.9. The average Bonchev–Trinajstić information content (AvgIpc) is 3.03. The molecule has 2 amide bonds. The molecule has 0 atom stereocenters. The molecule has 0 fully saturated rings. The van der Waals surface area contributed by atoms with Crippen molar-refractivity contribution in [2.45, 2.75) is 13.0 Å². The van der Waals surface area contributed by atoms with Crippen LogP contribution in [0.3, 0.4) is 0 Å². The molecule has 0 radical (unpaired) electrons. The first kappa shape index (κ1) is 12.9. The molecule has 0 unspecified atom stereocenters. The van der Waals surface area contributed by atoms with E-state index in [4.69, 9.17) is 5.26 Å². The molecule has 0 aliphatic carbocycles. The summed E-state index contributed by atoms with van der Waals surface area (Å²) in [6.45, 7) is 0.199. The lowest BCUT2D eigenvalue weighted by Crippen LogP contribution is -2.32. The Morgan fingerprint density at radius 3 is 2.43 bits per heavy atom. The van der Waals surface area contributed by atoms with Gasteiger partial charge >= 0.3 is 0 Å². The Labute approximate surface area is 119 Å². The molecule has 0 saturated carbocycles. The van der Waals surface area contributed by atoms with Crippen molar-refractivity contribution in [2.75, 3.05) is 6.54 Å². The van der Waals surface area contributed by atoms with Gasteiger partial charge in [-0.3, -0.25) is 14.5 Å². The number of amides is 2. The first-order valence-electron chi connectivity index (χ1n) is 6.29. The molecule has 0 spiro atoms. The SMILES string of the molecule is N#CCn1nnc(CCN2C(=O)c3ccccc3C2=O)n1. The van der Waals surface area contributed by atoms with E-state index in [9.17, 15) is 9.59 Å². The van der Waals surface area contributed by atoms with E-state index in [1.807, 2.05) is 6.07 Å². The number of imide groups is 1. The highest BCUT2D eigenvalue weighted by Gasteiger charge is 2.34. The molecule has 1 aromatic heterocycles. The van der Waals surface area contributed by atoms with Crippen molar-refractivity contribution < 1.29 is 9.59 Å². The number of hydrogen-bond donors (Lipinski definition) is 0. The maximum Gasteiger partial charge on any atom is 0.261 e. The molecule has 104 valence electrons. The Kier molecular flexibility index (Phi) is 3.16. The third kappa shape index (κ3) is 2.25. The summed E-state index contributed by atoms with van der Waals surface area (Å²) >= 11 is 0. The summed E-state index contributed by atoms with van der Waals surface area (Å²) in [6.07, 6.45) is 0.302. The Hall–Kier alpha value is -3.08. The maximum absolute atomic E-state index is 12.1. The zero-order chi connectivity index (χ0) is 14.8. The van der Waals surface area contributed by atoms with E-state index in [0.717, 1.165) is 4.80 Å². The van der Waals surface area contributed by atoms with Gasteiger partial charge in [-0.2, -0.15) is 5.26 Å². The summed E-state index contributed by atoms with van der Waals surface area (Å²) in [4.78, 5) is 26.6. The number of benzene rings is 1. The number of nitrogens with zero attached hydrogens (tertiary/aromatic N) is 6. The Balaban J connectivity index is 1.71. The van der Waals surface area contributed by atoms with Gasteiger partial charge in [-0.05, 0) is 17.3 Å². The summed E-state index contributed by atoms with van der Waals surface area (Å²) in [6, 6.07) is 8.62. The number of rotatable bonds is 4. The monoisotopic (exact) mass is 282 g/mol. The third-order valence-electron chi connectivity index (χ3n) is 3.14. The fraction of sp³-hybridized carbons (Fsp3) is 0.231. The van der Waals surface area contributed by atoms with E-state index in [0.29, 0.717) is 23.4 Å². The predicted molar refractivity (Wildman–Crippen MR) is 68.9 cm³/mol. The zero-order valence-electron chi connectivity index (χ0n) is 10.9.